The lowest BCUT2D eigenvalue weighted by Crippen LogP contribution is -2.42. The third-order valence-electron chi connectivity index (χ3n) is 6.59. The van der Waals surface area contributed by atoms with Gasteiger partial charge in [0.05, 0.1) is 38.7 Å². The fourth-order valence-corrected chi connectivity index (χ4v) is 5.08. The highest BCUT2D eigenvalue weighted by Gasteiger charge is 2.14. The first-order chi connectivity index (χ1) is 17.3. The molecule has 0 spiro atoms. The van der Waals surface area contributed by atoms with Crippen molar-refractivity contribution in [2.45, 2.75) is 121 Å². The summed E-state index contributed by atoms with van der Waals surface area (Å²) >= 11 is 0. The lowest BCUT2D eigenvalue weighted by molar-refractivity contribution is -0.890. The summed E-state index contributed by atoms with van der Waals surface area (Å²) in [6.45, 7) is 7.17. The Morgan fingerprint density at radius 2 is 1.11 bits per heavy atom. The molecule has 1 aromatic carbocycles. The van der Waals surface area contributed by atoms with Crippen molar-refractivity contribution in [2.24, 2.45) is 0 Å². The van der Waals surface area contributed by atoms with E-state index in [9.17, 15) is 8.42 Å². The first kappa shape index (κ1) is 35.0. The third kappa shape index (κ3) is 21.2. The van der Waals surface area contributed by atoms with Gasteiger partial charge in [0.1, 0.15) is 6.54 Å². The number of hydrogen-bond acceptors (Lipinski definition) is 4. The molecule has 0 saturated carbocycles. The van der Waals surface area contributed by atoms with E-state index < -0.39 is 10.1 Å². The quantitative estimate of drug-likeness (QED) is 0.0950. The molecule has 212 valence electrons. The highest BCUT2D eigenvalue weighted by molar-refractivity contribution is 7.86. The second kappa shape index (κ2) is 23.2. The van der Waals surface area contributed by atoms with Crippen molar-refractivity contribution in [3.8, 4) is 0 Å². The molecule has 0 atom stereocenters. The number of unbranched alkanes of at least 4 members (excludes halogenated alkanes) is 14. The van der Waals surface area contributed by atoms with Gasteiger partial charge in [-0.15, -0.1) is 0 Å². The van der Waals surface area contributed by atoms with Crippen LogP contribution >= 0.6 is 0 Å². The second-order valence-corrected chi connectivity index (χ2v) is 12.3. The molecule has 0 aliphatic rings. The minimum Gasteiger partial charge on any atom is -0.391 e. The molecule has 1 N–H and O–H groups in total. The molecular formula is C30H58NO4S+. The molecule has 0 aliphatic heterocycles. The number of likely N-dealkylation sites (N-methyl/N-ethyl adjacent to an activating group) is 1. The molecule has 0 amide bonds. The van der Waals surface area contributed by atoms with Gasteiger partial charge in [-0.2, -0.15) is 8.42 Å². The van der Waals surface area contributed by atoms with Crippen LogP contribution in [-0.2, 0) is 14.3 Å². The molecule has 0 aromatic heterocycles. The minimum atomic E-state index is -3.57. The maximum atomic E-state index is 11.9. The number of nitrogens with zero attached hydrogens (tertiary/aromatic N) is 1. The van der Waals surface area contributed by atoms with Crippen LogP contribution in [0.1, 0.15) is 117 Å². The Morgan fingerprint density at radius 1 is 0.667 bits per heavy atom. The standard InChI is InChI=1S/C18H30O3S.C12H28NO/c1-2-3-4-5-6-7-8-9-10-14-17-21-22(19,20)18-15-12-11-13-16-18;1-4-5-6-7-8-9-10-13(2,3)11-12-14/h11-13,15-16H,2-10,14,17H2,1H3;14H,4-12H2,1-3H3/q;+1. The topological polar surface area (TPSA) is 63.6 Å². The molecule has 0 radical (unpaired) electrons. The predicted molar refractivity (Wildman–Crippen MR) is 154 cm³/mol. The predicted octanol–water partition coefficient (Wildman–Crippen LogP) is 7.73. The zero-order valence-corrected chi connectivity index (χ0v) is 24.9. The van der Waals surface area contributed by atoms with Gasteiger partial charge < -0.3 is 9.59 Å². The van der Waals surface area contributed by atoms with Crippen LogP contribution < -0.4 is 0 Å². The maximum Gasteiger partial charge on any atom is 0.296 e. The Hall–Kier alpha value is -0.950. The van der Waals surface area contributed by atoms with E-state index in [1.165, 1.54) is 96.4 Å². The highest BCUT2D eigenvalue weighted by atomic mass is 32.2. The van der Waals surface area contributed by atoms with Gasteiger partial charge in [-0.05, 0) is 31.4 Å². The number of aliphatic hydroxyl groups excluding tert-OH is 1. The van der Waals surface area contributed by atoms with Crippen LogP contribution in [0, 0.1) is 0 Å². The summed E-state index contributed by atoms with van der Waals surface area (Å²) in [5, 5.41) is 8.86. The fourth-order valence-electron chi connectivity index (χ4n) is 4.12. The summed E-state index contributed by atoms with van der Waals surface area (Å²) in [5.74, 6) is 0. The van der Waals surface area contributed by atoms with Crippen molar-refractivity contribution in [3.05, 3.63) is 30.3 Å². The van der Waals surface area contributed by atoms with Gasteiger partial charge in [0.2, 0.25) is 0 Å². The molecule has 0 heterocycles. The summed E-state index contributed by atoms with van der Waals surface area (Å²) in [6, 6.07) is 8.33. The SMILES string of the molecule is CCCCCCCCCCCCOS(=O)(=O)c1ccccc1.CCCCCCCC[N+](C)(C)CCO. The lowest BCUT2D eigenvalue weighted by Gasteiger charge is -2.28. The Morgan fingerprint density at radius 3 is 1.58 bits per heavy atom. The number of rotatable bonds is 22. The monoisotopic (exact) mass is 528 g/mol. The smallest absolute Gasteiger partial charge is 0.296 e. The Kier molecular flexibility index (Phi) is 22.6. The van der Waals surface area contributed by atoms with E-state index in [1.54, 1.807) is 30.3 Å². The molecule has 0 unspecified atom stereocenters. The first-order valence-electron chi connectivity index (χ1n) is 14.7. The number of aliphatic hydroxyl groups is 1. The number of quaternary nitrogens is 1. The minimum absolute atomic E-state index is 0.238. The van der Waals surface area contributed by atoms with Crippen LogP contribution in [0.5, 0.6) is 0 Å². The van der Waals surface area contributed by atoms with Crippen LogP contribution in [0.15, 0.2) is 35.2 Å². The molecule has 1 rings (SSSR count). The van der Waals surface area contributed by atoms with Crippen molar-refractivity contribution in [2.75, 3.05) is 40.4 Å². The molecule has 6 heteroatoms. The number of benzene rings is 1. The van der Waals surface area contributed by atoms with Crippen molar-refractivity contribution in [1.82, 2.24) is 0 Å². The summed E-state index contributed by atoms with van der Waals surface area (Å²) in [5.41, 5.74) is 0. The largest absolute Gasteiger partial charge is 0.391 e. The third-order valence-corrected chi connectivity index (χ3v) is 7.92. The molecule has 36 heavy (non-hydrogen) atoms. The maximum absolute atomic E-state index is 11.9. The van der Waals surface area contributed by atoms with Crippen LogP contribution in [-0.4, -0.2) is 58.4 Å². The zero-order chi connectivity index (χ0) is 27.0. The summed E-state index contributed by atoms with van der Waals surface area (Å²) < 4.78 is 29.8. The first-order valence-corrected chi connectivity index (χ1v) is 16.1. The van der Waals surface area contributed by atoms with Crippen LogP contribution in [0.2, 0.25) is 0 Å². The molecule has 0 aliphatic carbocycles. The van der Waals surface area contributed by atoms with Crippen molar-refractivity contribution in [3.63, 3.8) is 0 Å². The Labute approximate surface area is 224 Å². The van der Waals surface area contributed by atoms with Gasteiger partial charge in [-0.25, -0.2) is 0 Å². The Balaban J connectivity index is 0.000000757. The average molecular weight is 529 g/mol. The van der Waals surface area contributed by atoms with Gasteiger partial charge in [-0.3, -0.25) is 4.18 Å². The van der Waals surface area contributed by atoms with Gasteiger partial charge in [0, 0.05) is 0 Å². The summed E-state index contributed by atoms with van der Waals surface area (Å²) in [6.07, 6.45) is 20.4. The normalized spacial score (nSPS) is 11.8. The van der Waals surface area contributed by atoms with E-state index in [1.807, 2.05) is 0 Å². The molecule has 0 bridgehead atoms. The molecule has 0 saturated heterocycles. The van der Waals surface area contributed by atoms with Gasteiger partial charge in [0.15, 0.2) is 0 Å². The number of hydrogen-bond donors (Lipinski definition) is 1. The van der Waals surface area contributed by atoms with Crippen molar-refractivity contribution in [1.29, 1.82) is 0 Å². The second-order valence-electron chi connectivity index (χ2n) is 10.6. The average Bonchev–Trinajstić information content (AvgIpc) is 2.85. The zero-order valence-electron chi connectivity index (χ0n) is 24.1. The van der Waals surface area contributed by atoms with E-state index in [0.29, 0.717) is 6.61 Å². The fraction of sp³-hybridized carbons (Fsp3) is 0.800. The van der Waals surface area contributed by atoms with Gasteiger partial charge in [0.25, 0.3) is 10.1 Å². The summed E-state index contributed by atoms with van der Waals surface area (Å²) in [4.78, 5) is 0.238. The molecule has 0 fully saturated rings. The van der Waals surface area contributed by atoms with E-state index in [-0.39, 0.29) is 11.5 Å². The van der Waals surface area contributed by atoms with Crippen molar-refractivity contribution < 1.29 is 22.2 Å². The summed E-state index contributed by atoms with van der Waals surface area (Å²) in [7, 11) is 0.823. The van der Waals surface area contributed by atoms with Gasteiger partial charge >= 0.3 is 0 Å². The van der Waals surface area contributed by atoms with E-state index in [0.717, 1.165) is 23.9 Å². The van der Waals surface area contributed by atoms with Crippen LogP contribution in [0.4, 0.5) is 0 Å². The van der Waals surface area contributed by atoms with E-state index >= 15 is 0 Å². The van der Waals surface area contributed by atoms with Crippen LogP contribution in [0.3, 0.4) is 0 Å². The highest BCUT2D eigenvalue weighted by Crippen LogP contribution is 2.14. The van der Waals surface area contributed by atoms with E-state index in [4.69, 9.17) is 9.29 Å². The van der Waals surface area contributed by atoms with E-state index in [2.05, 4.69) is 27.9 Å². The molecule has 1 aromatic rings. The molecule has 5 nitrogen and oxygen atoms in total. The van der Waals surface area contributed by atoms with Crippen LogP contribution in [0.25, 0.3) is 0 Å². The Bertz CT molecular complexity index is 692. The van der Waals surface area contributed by atoms with Gasteiger partial charge in [-0.1, -0.05) is 116 Å². The molecular weight excluding hydrogens is 470 g/mol. The lowest BCUT2D eigenvalue weighted by atomic mass is 10.1. The van der Waals surface area contributed by atoms with Crippen molar-refractivity contribution >= 4 is 10.1 Å².